The Morgan fingerprint density at radius 3 is 2.22 bits per heavy atom. The Labute approximate surface area is 156 Å². The molecular weight excluding hydrogens is 343 g/mol. The molecule has 0 amide bonds. The average molecular weight is 362 g/mol. The van der Waals surface area contributed by atoms with Crippen LogP contribution in [0.25, 0.3) is 22.4 Å². The third-order valence-electron chi connectivity index (χ3n) is 4.52. The highest BCUT2D eigenvalue weighted by atomic mass is 19.1. The highest BCUT2D eigenvalue weighted by Gasteiger charge is 2.15. The van der Waals surface area contributed by atoms with E-state index in [2.05, 4.69) is 4.57 Å². The predicted octanol–water partition coefficient (Wildman–Crippen LogP) is 4.91. The highest BCUT2D eigenvalue weighted by Crippen LogP contribution is 2.32. The summed E-state index contributed by atoms with van der Waals surface area (Å²) in [7, 11) is 3.25. The maximum absolute atomic E-state index is 13.3. The van der Waals surface area contributed by atoms with E-state index in [9.17, 15) is 4.39 Å². The monoisotopic (exact) mass is 362 g/mol. The molecule has 4 nitrogen and oxygen atoms in total. The van der Waals surface area contributed by atoms with Crippen LogP contribution in [0.5, 0.6) is 11.5 Å². The number of fused-ring (bicyclic) bond motifs is 1. The Morgan fingerprint density at radius 2 is 1.56 bits per heavy atom. The van der Waals surface area contributed by atoms with Crippen LogP contribution in [0.1, 0.15) is 5.56 Å². The largest absolute Gasteiger partial charge is 0.497 e. The first-order chi connectivity index (χ1) is 13.2. The molecule has 4 rings (SSSR count). The van der Waals surface area contributed by atoms with Crippen molar-refractivity contribution in [3.63, 3.8) is 0 Å². The van der Waals surface area contributed by atoms with Gasteiger partial charge < -0.3 is 14.0 Å². The number of methoxy groups -OCH3 is 2. The van der Waals surface area contributed by atoms with Gasteiger partial charge in [-0.1, -0.05) is 24.3 Å². The van der Waals surface area contributed by atoms with E-state index in [1.54, 1.807) is 26.4 Å². The number of nitrogens with zero attached hydrogens (tertiary/aromatic N) is 2. The summed E-state index contributed by atoms with van der Waals surface area (Å²) in [6.07, 6.45) is 0. The van der Waals surface area contributed by atoms with Crippen LogP contribution in [0.3, 0.4) is 0 Å². The third-order valence-corrected chi connectivity index (χ3v) is 4.52. The molecule has 3 aromatic carbocycles. The van der Waals surface area contributed by atoms with E-state index < -0.39 is 0 Å². The maximum atomic E-state index is 13.3. The fourth-order valence-corrected chi connectivity index (χ4v) is 3.16. The maximum Gasteiger partial charge on any atom is 0.141 e. The molecule has 136 valence electrons. The molecule has 0 saturated carbocycles. The molecule has 0 aliphatic heterocycles. The first-order valence-corrected chi connectivity index (χ1v) is 8.61. The van der Waals surface area contributed by atoms with Crippen molar-refractivity contribution in [2.75, 3.05) is 14.2 Å². The van der Waals surface area contributed by atoms with Gasteiger partial charge >= 0.3 is 0 Å². The molecule has 1 aromatic heterocycles. The third kappa shape index (κ3) is 3.36. The van der Waals surface area contributed by atoms with Crippen LogP contribution < -0.4 is 9.47 Å². The lowest BCUT2D eigenvalue weighted by Gasteiger charge is -2.12. The van der Waals surface area contributed by atoms with Gasteiger partial charge in [0.2, 0.25) is 0 Å². The van der Waals surface area contributed by atoms with Crippen LogP contribution >= 0.6 is 0 Å². The van der Waals surface area contributed by atoms with Gasteiger partial charge in [-0.2, -0.15) is 0 Å². The minimum atomic E-state index is -0.244. The van der Waals surface area contributed by atoms with Crippen molar-refractivity contribution in [3.05, 3.63) is 78.1 Å². The van der Waals surface area contributed by atoms with Crippen molar-refractivity contribution in [1.29, 1.82) is 0 Å². The number of rotatable bonds is 5. The molecule has 27 heavy (non-hydrogen) atoms. The number of halogens is 1. The van der Waals surface area contributed by atoms with E-state index in [0.717, 1.165) is 28.0 Å². The van der Waals surface area contributed by atoms with Crippen molar-refractivity contribution in [1.82, 2.24) is 9.55 Å². The molecule has 0 unspecified atom stereocenters. The Morgan fingerprint density at radius 1 is 0.889 bits per heavy atom. The van der Waals surface area contributed by atoms with Gasteiger partial charge in [0.05, 0.1) is 25.3 Å². The van der Waals surface area contributed by atoms with Crippen molar-refractivity contribution in [3.8, 4) is 22.9 Å². The SMILES string of the molecule is COc1cc(OC)cc(-c2nc3ccccc3n2Cc2ccc(F)cc2)c1. The zero-order valence-electron chi connectivity index (χ0n) is 15.1. The number of imidazole rings is 1. The molecule has 1 heterocycles. The summed E-state index contributed by atoms with van der Waals surface area (Å²) in [5.74, 6) is 1.96. The van der Waals surface area contributed by atoms with E-state index in [0.29, 0.717) is 18.0 Å². The zero-order chi connectivity index (χ0) is 18.8. The molecule has 0 fully saturated rings. The molecule has 0 aliphatic rings. The lowest BCUT2D eigenvalue weighted by molar-refractivity contribution is 0.394. The van der Waals surface area contributed by atoms with Crippen LogP contribution in [-0.4, -0.2) is 23.8 Å². The van der Waals surface area contributed by atoms with Crippen LogP contribution in [0, 0.1) is 5.82 Å². The second-order valence-corrected chi connectivity index (χ2v) is 6.24. The second kappa shape index (κ2) is 7.11. The molecular formula is C22H19FN2O2. The summed E-state index contributed by atoms with van der Waals surface area (Å²) in [6, 6.07) is 20.2. The minimum Gasteiger partial charge on any atom is -0.497 e. The molecule has 0 saturated heterocycles. The minimum absolute atomic E-state index is 0.244. The highest BCUT2D eigenvalue weighted by molar-refractivity contribution is 5.81. The summed E-state index contributed by atoms with van der Waals surface area (Å²) in [5.41, 5.74) is 3.80. The molecule has 0 spiro atoms. The van der Waals surface area contributed by atoms with Gasteiger partial charge in [-0.3, -0.25) is 0 Å². The number of aromatic nitrogens is 2. The summed E-state index contributed by atoms with van der Waals surface area (Å²) in [6.45, 7) is 0.579. The molecule has 0 aliphatic carbocycles. The molecule has 0 bridgehead atoms. The summed E-state index contributed by atoms with van der Waals surface area (Å²) in [4.78, 5) is 4.83. The summed E-state index contributed by atoms with van der Waals surface area (Å²) >= 11 is 0. The predicted molar refractivity (Wildman–Crippen MR) is 104 cm³/mol. The van der Waals surface area contributed by atoms with E-state index in [4.69, 9.17) is 14.5 Å². The van der Waals surface area contributed by atoms with Crippen LogP contribution in [0.4, 0.5) is 4.39 Å². The van der Waals surface area contributed by atoms with Crippen molar-refractivity contribution < 1.29 is 13.9 Å². The Kier molecular flexibility index (Phi) is 4.50. The number of hydrogen-bond acceptors (Lipinski definition) is 3. The molecule has 0 atom stereocenters. The fourth-order valence-electron chi connectivity index (χ4n) is 3.16. The van der Waals surface area contributed by atoms with E-state index in [1.165, 1.54) is 12.1 Å². The van der Waals surface area contributed by atoms with Gasteiger partial charge in [-0.15, -0.1) is 0 Å². The summed E-state index contributed by atoms with van der Waals surface area (Å²) < 4.78 is 26.2. The average Bonchev–Trinajstić information content (AvgIpc) is 3.08. The second-order valence-electron chi connectivity index (χ2n) is 6.24. The lowest BCUT2D eigenvalue weighted by Crippen LogP contribution is -2.03. The van der Waals surface area contributed by atoms with Gasteiger partial charge in [0.25, 0.3) is 0 Å². The molecule has 0 N–H and O–H groups in total. The van der Waals surface area contributed by atoms with Gasteiger partial charge in [-0.05, 0) is 42.0 Å². The van der Waals surface area contributed by atoms with Gasteiger partial charge in [-0.25, -0.2) is 9.37 Å². The van der Waals surface area contributed by atoms with Gasteiger partial charge in [0, 0.05) is 18.2 Å². The number of hydrogen-bond donors (Lipinski definition) is 0. The van der Waals surface area contributed by atoms with Crippen LogP contribution in [-0.2, 0) is 6.54 Å². The van der Waals surface area contributed by atoms with Crippen LogP contribution in [0.15, 0.2) is 66.7 Å². The zero-order valence-corrected chi connectivity index (χ0v) is 15.1. The Balaban J connectivity index is 1.89. The quantitative estimate of drug-likeness (QED) is 0.506. The number of ether oxygens (including phenoxy) is 2. The van der Waals surface area contributed by atoms with E-state index >= 15 is 0 Å². The lowest BCUT2D eigenvalue weighted by atomic mass is 10.1. The molecule has 4 aromatic rings. The van der Waals surface area contributed by atoms with Gasteiger partial charge in [0.1, 0.15) is 23.1 Å². The first kappa shape index (κ1) is 17.1. The van der Waals surface area contributed by atoms with E-state index in [-0.39, 0.29) is 5.82 Å². The topological polar surface area (TPSA) is 36.3 Å². The van der Waals surface area contributed by atoms with E-state index in [1.807, 2.05) is 42.5 Å². The van der Waals surface area contributed by atoms with Crippen molar-refractivity contribution in [2.45, 2.75) is 6.54 Å². The van der Waals surface area contributed by atoms with Crippen molar-refractivity contribution in [2.24, 2.45) is 0 Å². The number of benzene rings is 3. The van der Waals surface area contributed by atoms with Gasteiger partial charge in [0.15, 0.2) is 0 Å². The van der Waals surface area contributed by atoms with Crippen molar-refractivity contribution >= 4 is 11.0 Å². The number of para-hydroxylation sites is 2. The first-order valence-electron chi connectivity index (χ1n) is 8.61. The fraction of sp³-hybridized carbons (Fsp3) is 0.136. The smallest absolute Gasteiger partial charge is 0.141 e. The standard InChI is InChI=1S/C22H19FN2O2/c1-26-18-11-16(12-19(13-18)27-2)22-24-20-5-3-4-6-21(20)25(22)14-15-7-9-17(23)10-8-15/h3-13H,14H2,1-2H3. The van der Waals surface area contributed by atoms with Crippen LogP contribution in [0.2, 0.25) is 0 Å². The molecule has 0 radical (unpaired) electrons. The summed E-state index contributed by atoms with van der Waals surface area (Å²) in [5, 5.41) is 0. The Hall–Kier alpha value is -3.34. The molecule has 5 heteroatoms. The Bertz CT molecular complexity index is 1070. The normalized spacial score (nSPS) is 10.9.